The molecule has 0 saturated carbocycles. The monoisotopic (exact) mass is 147 g/mol. The van der Waals surface area contributed by atoms with E-state index in [0.717, 1.165) is 10.8 Å². The number of sulfone groups is 1. The van der Waals surface area contributed by atoms with Crippen LogP contribution in [0.5, 0.6) is 0 Å². The fourth-order valence-electron chi connectivity index (χ4n) is 0.245. The van der Waals surface area contributed by atoms with Crippen molar-refractivity contribution < 1.29 is 8.42 Å². The quantitative estimate of drug-likeness (QED) is 0.612. The Morgan fingerprint density at radius 2 is 2.11 bits per heavy atom. The van der Waals surface area contributed by atoms with Crippen LogP contribution >= 0.6 is 0 Å². The Morgan fingerprint density at radius 3 is 2.44 bits per heavy atom. The van der Waals surface area contributed by atoms with E-state index in [1.807, 2.05) is 0 Å². The molecule has 3 nitrogen and oxygen atoms in total. The van der Waals surface area contributed by atoms with Crippen molar-refractivity contribution in [2.45, 2.75) is 0 Å². The zero-order valence-corrected chi connectivity index (χ0v) is 5.76. The molecule has 0 aromatic heterocycles. The molecular formula is C5H9NO2S. The lowest BCUT2D eigenvalue weighted by atomic mass is 10.7. The molecule has 0 saturated heterocycles. The third-order valence-corrected chi connectivity index (χ3v) is 1.69. The molecule has 0 aliphatic heterocycles. The SMILES string of the molecule is C=CS(=O)(=O)C=CCN. The van der Waals surface area contributed by atoms with Gasteiger partial charge in [0.05, 0.1) is 0 Å². The maximum atomic E-state index is 10.5. The van der Waals surface area contributed by atoms with E-state index in [2.05, 4.69) is 6.58 Å². The molecule has 0 radical (unpaired) electrons. The van der Waals surface area contributed by atoms with E-state index in [4.69, 9.17) is 5.73 Å². The molecule has 0 fully saturated rings. The van der Waals surface area contributed by atoms with Crippen LogP contribution in [0.2, 0.25) is 0 Å². The van der Waals surface area contributed by atoms with Gasteiger partial charge in [-0.3, -0.25) is 0 Å². The average molecular weight is 147 g/mol. The molecule has 2 N–H and O–H groups in total. The summed E-state index contributed by atoms with van der Waals surface area (Å²) in [5.74, 6) is 0. The Labute approximate surface area is 54.8 Å². The molecule has 0 aliphatic rings. The van der Waals surface area contributed by atoms with Crippen LogP contribution in [-0.4, -0.2) is 15.0 Å². The van der Waals surface area contributed by atoms with Crippen molar-refractivity contribution in [3.63, 3.8) is 0 Å². The molecule has 0 spiro atoms. The lowest BCUT2D eigenvalue weighted by Gasteiger charge is -1.83. The highest BCUT2D eigenvalue weighted by molar-refractivity contribution is 7.97. The van der Waals surface area contributed by atoms with Crippen molar-refractivity contribution in [1.29, 1.82) is 0 Å². The van der Waals surface area contributed by atoms with Gasteiger partial charge in [0.1, 0.15) is 0 Å². The van der Waals surface area contributed by atoms with Crippen LogP contribution in [0.4, 0.5) is 0 Å². The Bertz CT molecular complexity index is 203. The zero-order chi connectivity index (χ0) is 7.33. The lowest BCUT2D eigenvalue weighted by molar-refractivity contribution is 0.612. The summed E-state index contributed by atoms with van der Waals surface area (Å²) in [7, 11) is -3.18. The highest BCUT2D eigenvalue weighted by atomic mass is 32.2. The van der Waals surface area contributed by atoms with Crippen molar-refractivity contribution in [3.8, 4) is 0 Å². The first-order valence-corrected chi connectivity index (χ1v) is 3.97. The molecule has 0 amide bonds. The van der Waals surface area contributed by atoms with E-state index in [1.165, 1.54) is 6.08 Å². The van der Waals surface area contributed by atoms with E-state index < -0.39 is 9.84 Å². The standard InChI is InChI=1S/C5H9NO2S/c1-2-9(7,8)5-3-4-6/h2-3,5H,1,4,6H2. The van der Waals surface area contributed by atoms with Crippen LogP contribution in [-0.2, 0) is 9.84 Å². The number of hydrogen-bond donors (Lipinski definition) is 1. The molecule has 52 valence electrons. The largest absolute Gasteiger partial charge is 0.327 e. The Balaban J connectivity index is 4.21. The van der Waals surface area contributed by atoms with Crippen molar-refractivity contribution in [2.24, 2.45) is 5.73 Å². The van der Waals surface area contributed by atoms with Crippen LogP contribution < -0.4 is 5.73 Å². The van der Waals surface area contributed by atoms with Gasteiger partial charge in [0.25, 0.3) is 0 Å². The molecule has 0 aromatic rings. The van der Waals surface area contributed by atoms with Gasteiger partial charge in [0.15, 0.2) is 9.84 Å². The molecule has 4 heteroatoms. The van der Waals surface area contributed by atoms with Crippen molar-refractivity contribution in [3.05, 3.63) is 23.5 Å². The Morgan fingerprint density at radius 1 is 1.56 bits per heavy atom. The van der Waals surface area contributed by atoms with Gasteiger partial charge in [0.2, 0.25) is 0 Å². The van der Waals surface area contributed by atoms with Gasteiger partial charge >= 0.3 is 0 Å². The molecule has 0 atom stereocenters. The van der Waals surface area contributed by atoms with Crippen molar-refractivity contribution in [1.82, 2.24) is 0 Å². The van der Waals surface area contributed by atoms with Crippen LogP contribution in [0.15, 0.2) is 23.5 Å². The highest BCUT2D eigenvalue weighted by Gasteiger charge is 1.93. The summed E-state index contributed by atoms with van der Waals surface area (Å²) < 4.78 is 21.0. The van der Waals surface area contributed by atoms with E-state index >= 15 is 0 Å². The predicted molar refractivity (Wildman–Crippen MR) is 37.3 cm³/mol. The summed E-state index contributed by atoms with van der Waals surface area (Å²) in [6.07, 6.45) is 1.36. The molecule has 0 heterocycles. The topological polar surface area (TPSA) is 60.2 Å². The molecule has 0 bridgehead atoms. The van der Waals surface area contributed by atoms with E-state index in [-0.39, 0.29) is 6.54 Å². The highest BCUT2D eigenvalue weighted by Crippen LogP contribution is 1.90. The lowest BCUT2D eigenvalue weighted by Crippen LogP contribution is -1.95. The maximum absolute atomic E-state index is 10.5. The smallest absolute Gasteiger partial charge is 0.192 e. The Hall–Kier alpha value is -0.610. The minimum atomic E-state index is -3.18. The van der Waals surface area contributed by atoms with Gasteiger partial charge < -0.3 is 5.73 Å². The molecule has 9 heavy (non-hydrogen) atoms. The van der Waals surface area contributed by atoms with Gasteiger partial charge in [-0.2, -0.15) is 0 Å². The van der Waals surface area contributed by atoms with Gasteiger partial charge in [-0.25, -0.2) is 8.42 Å². The first-order valence-electron chi connectivity index (χ1n) is 2.36. The van der Waals surface area contributed by atoms with Gasteiger partial charge in [0, 0.05) is 17.4 Å². The summed E-state index contributed by atoms with van der Waals surface area (Å²) in [5, 5.41) is 1.90. The van der Waals surface area contributed by atoms with Crippen LogP contribution in [0, 0.1) is 0 Å². The summed E-state index contributed by atoms with van der Waals surface area (Å²) in [6, 6.07) is 0. The molecule has 0 rings (SSSR count). The summed E-state index contributed by atoms with van der Waals surface area (Å²) in [4.78, 5) is 0. The van der Waals surface area contributed by atoms with Gasteiger partial charge in [-0.05, 0) is 0 Å². The zero-order valence-electron chi connectivity index (χ0n) is 4.95. The van der Waals surface area contributed by atoms with E-state index in [0.29, 0.717) is 0 Å². The third-order valence-electron chi connectivity index (χ3n) is 0.654. The fourth-order valence-corrected chi connectivity index (χ4v) is 0.736. The average Bonchev–Trinajstić information content (AvgIpc) is 1.84. The van der Waals surface area contributed by atoms with Gasteiger partial charge in [-0.15, -0.1) is 0 Å². The third kappa shape index (κ3) is 3.93. The minimum Gasteiger partial charge on any atom is -0.327 e. The Kier molecular flexibility index (Phi) is 3.19. The first-order chi connectivity index (χ1) is 4.12. The van der Waals surface area contributed by atoms with Crippen molar-refractivity contribution >= 4 is 9.84 Å². The number of hydrogen-bond acceptors (Lipinski definition) is 3. The second kappa shape index (κ2) is 3.42. The number of nitrogens with two attached hydrogens (primary N) is 1. The summed E-state index contributed by atoms with van der Waals surface area (Å²) in [6.45, 7) is 3.33. The second-order valence-corrected chi connectivity index (χ2v) is 3.15. The van der Waals surface area contributed by atoms with Crippen molar-refractivity contribution in [2.75, 3.05) is 6.54 Å². The summed E-state index contributed by atoms with van der Waals surface area (Å²) in [5.41, 5.74) is 5.00. The summed E-state index contributed by atoms with van der Waals surface area (Å²) >= 11 is 0. The minimum absolute atomic E-state index is 0.229. The van der Waals surface area contributed by atoms with E-state index in [1.54, 1.807) is 0 Å². The maximum Gasteiger partial charge on any atom is 0.192 e. The van der Waals surface area contributed by atoms with Gasteiger partial charge in [-0.1, -0.05) is 12.7 Å². The van der Waals surface area contributed by atoms with Crippen LogP contribution in [0.3, 0.4) is 0 Å². The van der Waals surface area contributed by atoms with Crippen LogP contribution in [0.25, 0.3) is 0 Å². The van der Waals surface area contributed by atoms with Crippen LogP contribution in [0.1, 0.15) is 0 Å². The molecular weight excluding hydrogens is 138 g/mol. The molecule has 0 aliphatic carbocycles. The van der Waals surface area contributed by atoms with E-state index in [9.17, 15) is 8.42 Å². The molecule has 0 aromatic carbocycles. The first kappa shape index (κ1) is 8.39. The predicted octanol–water partition coefficient (Wildman–Crippen LogP) is 0.0171. The fraction of sp³-hybridized carbons (Fsp3) is 0.200. The molecule has 0 unspecified atom stereocenters. The normalized spacial score (nSPS) is 12.1. The second-order valence-electron chi connectivity index (χ2n) is 1.36. The number of rotatable bonds is 3.